The van der Waals surface area contributed by atoms with Crippen LogP contribution < -0.4 is 4.90 Å². The molecule has 0 fully saturated rings. The quantitative estimate of drug-likeness (QED) is 0.0280. The Labute approximate surface area is 352 Å². The average Bonchev–Trinajstić information content (AvgIpc) is 3.38. The molecule has 1 aliphatic rings. The van der Waals surface area contributed by atoms with E-state index in [1.807, 2.05) is 44.2 Å². The van der Waals surface area contributed by atoms with Crippen LogP contribution in [-0.2, 0) is 57.4 Å². The number of carboxylic acids is 1. The van der Waals surface area contributed by atoms with Crippen LogP contribution >= 0.6 is 0 Å². The summed E-state index contributed by atoms with van der Waals surface area (Å²) in [6.07, 6.45) is 13.3. The molecule has 0 aliphatic carbocycles. The number of fused-ring (bicyclic) bond motifs is 1. The number of allylic oxidation sites excluding steroid dienone is 6. The van der Waals surface area contributed by atoms with Gasteiger partial charge in [-0.1, -0.05) is 37.6 Å². The maximum Gasteiger partial charge on any atom is 0.303 e. The lowest BCUT2D eigenvalue weighted by Gasteiger charge is -2.30. The Balaban J connectivity index is 2.04. The summed E-state index contributed by atoms with van der Waals surface area (Å²) >= 11 is -2.27. The van der Waals surface area contributed by atoms with Crippen LogP contribution in [0, 0.1) is 0 Å². The van der Waals surface area contributed by atoms with Crippen molar-refractivity contribution >= 4 is 54.4 Å². The molecule has 0 saturated heterocycles. The highest BCUT2D eigenvalue weighted by atomic mass is 32.2. The van der Waals surface area contributed by atoms with Gasteiger partial charge in [-0.3, -0.25) is 9.35 Å². The highest BCUT2D eigenvalue weighted by Gasteiger charge is 2.47. The van der Waals surface area contributed by atoms with E-state index in [9.17, 15) is 39.5 Å². The van der Waals surface area contributed by atoms with Gasteiger partial charge < -0.3 is 28.6 Å². The highest BCUT2D eigenvalue weighted by Crippen LogP contribution is 2.44. The van der Waals surface area contributed by atoms with E-state index in [-0.39, 0.29) is 35.8 Å². The van der Waals surface area contributed by atoms with Crippen molar-refractivity contribution in [3.63, 3.8) is 0 Å². The van der Waals surface area contributed by atoms with Crippen LogP contribution in [0.2, 0.25) is 0 Å². The number of aliphatic carboxylic acids is 1. The minimum atomic E-state index is -4.41. The maximum atomic E-state index is 12.1. The molecule has 0 bridgehead atoms. The first-order valence-corrected chi connectivity index (χ1v) is 24.0. The predicted molar refractivity (Wildman–Crippen MR) is 230 cm³/mol. The zero-order chi connectivity index (χ0) is 43.8. The van der Waals surface area contributed by atoms with E-state index >= 15 is 0 Å². The molecule has 1 heterocycles. The fourth-order valence-electron chi connectivity index (χ4n) is 7.48. The van der Waals surface area contributed by atoms with Crippen LogP contribution in [0.15, 0.2) is 77.4 Å². The number of hydrogen-bond acceptors (Lipinski definition) is 10. The Bertz CT molecular complexity index is 2110. The summed E-state index contributed by atoms with van der Waals surface area (Å²) in [5, 5.41) is 9.14. The van der Waals surface area contributed by atoms with Crippen LogP contribution in [0.1, 0.15) is 94.7 Å². The third-order valence-corrected chi connectivity index (χ3v) is 12.8. The summed E-state index contributed by atoms with van der Waals surface area (Å²) in [6.45, 7) is 7.92. The number of anilines is 1. The summed E-state index contributed by atoms with van der Waals surface area (Å²) in [5.41, 5.74) is 5.75. The van der Waals surface area contributed by atoms with E-state index in [1.165, 1.54) is 0 Å². The van der Waals surface area contributed by atoms with Crippen molar-refractivity contribution in [2.24, 2.45) is 0 Å². The summed E-state index contributed by atoms with van der Waals surface area (Å²) in [4.78, 5) is 13.4. The Hall–Kier alpha value is -3.55. The molecule has 0 saturated carbocycles. The van der Waals surface area contributed by atoms with E-state index in [0.717, 1.165) is 33.9 Å². The van der Waals surface area contributed by atoms with E-state index in [1.54, 1.807) is 32.4 Å². The monoisotopic (exact) mass is 880 g/mol. The van der Waals surface area contributed by atoms with Crippen molar-refractivity contribution in [2.75, 3.05) is 56.9 Å². The first-order valence-electron chi connectivity index (χ1n) is 19.7. The molecule has 3 atom stereocenters. The van der Waals surface area contributed by atoms with Crippen molar-refractivity contribution in [3.05, 3.63) is 89.2 Å². The van der Waals surface area contributed by atoms with E-state index in [2.05, 4.69) is 34.6 Å². The Morgan fingerprint density at radius 3 is 2.36 bits per heavy atom. The topological polar surface area (TPSA) is 211 Å². The molecule has 3 rings (SSSR count). The molecule has 3 unspecified atom stereocenters. The van der Waals surface area contributed by atoms with Crippen molar-refractivity contribution < 1.29 is 58.7 Å². The fraction of sp³-hybridized carbons (Fsp3) is 0.524. The van der Waals surface area contributed by atoms with Gasteiger partial charge >= 0.3 is 5.97 Å². The lowest BCUT2D eigenvalue weighted by atomic mass is 9.75. The molecule has 0 aromatic heterocycles. The normalized spacial score (nSPS) is 17.3. The first kappa shape index (κ1) is 49.8. The molecule has 0 amide bonds. The average molecular weight is 881 g/mol. The highest BCUT2D eigenvalue weighted by molar-refractivity contribution is 7.86. The van der Waals surface area contributed by atoms with Gasteiger partial charge in [0.1, 0.15) is 6.61 Å². The van der Waals surface area contributed by atoms with Crippen LogP contribution in [0.5, 0.6) is 0 Å². The second-order valence-electron chi connectivity index (χ2n) is 15.0. The van der Waals surface area contributed by atoms with Crippen molar-refractivity contribution in [2.45, 2.75) is 94.8 Å². The van der Waals surface area contributed by atoms with Gasteiger partial charge in [0.15, 0.2) is 23.3 Å². The zero-order valence-corrected chi connectivity index (χ0v) is 37.1. The molecular weight excluding hydrogens is 821 g/mol. The molecule has 59 heavy (non-hydrogen) atoms. The molecule has 1 aliphatic heterocycles. The Morgan fingerprint density at radius 2 is 1.71 bits per heavy atom. The number of hydrogen-bond donors (Lipinski definition) is 3. The molecule has 0 radical (unpaired) electrons. The SMILES string of the molecule is COCCc1ccc2c(c1)C(C)(CCCS(=O)(=O)O)C(/C=C/C=C/C=C(\C)N(CCCCCC(=O)O)c1ccc(S(=O)O)cc1C(C)CCCS(=O)(=O)[O-])=[N+]2CCOC. The largest absolute Gasteiger partial charge is 0.748 e. The number of methoxy groups -OCH3 is 2. The van der Waals surface area contributed by atoms with Gasteiger partial charge in [0.2, 0.25) is 5.69 Å². The van der Waals surface area contributed by atoms with Crippen LogP contribution in [0.4, 0.5) is 11.4 Å². The second-order valence-corrected chi connectivity index (χ2v) is 19.1. The molecule has 17 heteroatoms. The Morgan fingerprint density at radius 1 is 0.983 bits per heavy atom. The van der Waals surface area contributed by atoms with Crippen LogP contribution in [0.25, 0.3) is 0 Å². The molecule has 2 aromatic carbocycles. The molecule has 0 spiro atoms. The number of unbranched alkanes of at least 4 members (excludes halogenated alkanes) is 2. The summed E-state index contributed by atoms with van der Waals surface area (Å²) < 4.78 is 102. The standard InChI is InChI=1S/C42H60N2O12S3/c1-32(14-12-28-58(49,50)51)36-31-35(57(47)48)19-21-38(36)43(24-11-7-10-17-41(45)46)33(2)15-8-6-9-16-40-42(3,23-13-29-59(52,53)54)37-30-34(22-26-55-4)18-20-39(37)44(40)25-27-56-5/h6,8-9,15-16,18-21,30-32H,7,10-14,17,22-29H2,1-5H3,(H3-,45,46,47,48,49,50,51,52,53,54). The van der Waals surface area contributed by atoms with Gasteiger partial charge in [0, 0.05) is 62.0 Å². The molecule has 3 N–H and O–H groups in total. The van der Waals surface area contributed by atoms with Gasteiger partial charge in [-0.15, -0.1) is 0 Å². The maximum absolute atomic E-state index is 12.1. The number of benzene rings is 2. The smallest absolute Gasteiger partial charge is 0.303 e. The summed E-state index contributed by atoms with van der Waals surface area (Å²) in [5.74, 6) is -2.02. The summed E-state index contributed by atoms with van der Waals surface area (Å²) in [6, 6.07) is 11.2. The Kier molecular flexibility index (Phi) is 19.8. The first-order chi connectivity index (χ1) is 27.8. The summed E-state index contributed by atoms with van der Waals surface area (Å²) in [7, 11) is -5.28. The molecule has 2 aromatic rings. The minimum absolute atomic E-state index is 0.0490. The van der Waals surface area contributed by atoms with Crippen molar-refractivity contribution in [1.29, 1.82) is 0 Å². The van der Waals surface area contributed by atoms with Crippen LogP contribution in [0.3, 0.4) is 0 Å². The van der Waals surface area contributed by atoms with Gasteiger partial charge in [-0.2, -0.15) is 13.0 Å². The third kappa shape index (κ3) is 15.8. The van der Waals surface area contributed by atoms with Gasteiger partial charge in [0.05, 0.1) is 32.8 Å². The van der Waals surface area contributed by atoms with E-state index in [0.29, 0.717) is 70.4 Å². The predicted octanol–water partition coefficient (Wildman–Crippen LogP) is 6.72. The molecular formula is C42H60N2O12S3. The van der Waals surface area contributed by atoms with Crippen molar-refractivity contribution in [1.82, 2.24) is 0 Å². The fourth-order valence-corrected chi connectivity index (χ4v) is 8.92. The van der Waals surface area contributed by atoms with Gasteiger partial charge in [-0.05, 0) is 106 Å². The number of nitrogens with zero attached hydrogens (tertiary/aromatic N) is 2. The lowest BCUT2D eigenvalue weighted by Crippen LogP contribution is -2.32. The second kappa shape index (κ2) is 23.4. The number of carboxylic acid groups (broad SMARTS) is 1. The minimum Gasteiger partial charge on any atom is -0.748 e. The van der Waals surface area contributed by atoms with E-state index in [4.69, 9.17) is 14.6 Å². The van der Waals surface area contributed by atoms with E-state index < -0.39 is 48.5 Å². The van der Waals surface area contributed by atoms with Crippen LogP contribution in [-0.4, -0.2) is 108 Å². The molecule has 328 valence electrons. The number of ether oxygens (including phenoxy) is 2. The zero-order valence-electron chi connectivity index (χ0n) is 34.7. The van der Waals surface area contributed by atoms with Gasteiger partial charge in [-0.25, -0.2) is 12.6 Å². The van der Waals surface area contributed by atoms with Gasteiger partial charge in [0.25, 0.3) is 10.1 Å². The number of rotatable bonds is 27. The number of carbonyl (C=O) groups is 1. The van der Waals surface area contributed by atoms with Crippen molar-refractivity contribution in [3.8, 4) is 0 Å². The lowest BCUT2D eigenvalue weighted by molar-refractivity contribution is -0.441. The third-order valence-electron chi connectivity index (χ3n) is 10.6. The molecule has 14 nitrogen and oxygen atoms in total.